The van der Waals surface area contributed by atoms with Gasteiger partial charge in [0.1, 0.15) is 0 Å². The minimum absolute atomic E-state index is 0. The third-order valence-electron chi connectivity index (χ3n) is 4.60. The maximum atomic E-state index is 12.2. The van der Waals surface area contributed by atoms with Crippen LogP contribution in [0.2, 0.25) is 0 Å². The zero-order valence-electron chi connectivity index (χ0n) is 16.9. The van der Waals surface area contributed by atoms with Crippen molar-refractivity contribution in [2.24, 2.45) is 5.73 Å². The molecule has 1 aromatic carbocycles. The SMILES string of the molecule is Cl.Cl.NCCCCCCC(=O)NCc1cn(-c2ccccc2)nc1-c1ccncc1. The summed E-state index contributed by atoms with van der Waals surface area (Å²) in [5.41, 5.74) is 9.30. The molecule has 3 aromatic rings. The number of nitrogens with one attached hydrogen (secondary N) is 1. The quantitative estimate of drug-likeness (QED) is 0.451. The van der Waals surface area contributed by atoms with Crippen LogP contribution in [0.5, 0.6) is 0 Å². The molecule has 0 saturated heterocycles. The summed E-state index contributed by atoms with van der Waals surface area (Å²) in [5, 5.41) is 7.78. The molecule has 3 N–H and O–H groups in total. The van der Waals surface area contributed by atoms with Crippen molar-refractivity contribution in [1.29, 1.82) is 0 Å². The summed E-state index contributed by atoms with van der Waals surface area (Å²) in [5.74, 6) is 0.0703. The van der Waals surface area contributed by atoms with Crippen LogP contribution in [0.4, 0.5) is 0 Å². The number of amides is 1. The zero-order chi connectivity index (χ0) is 19.6. The van der Waals surface area contributed by atoms with Crippen LogP contribution in [-0.2, 0) is 11.3 Å². The van der Waals surface area contributed by atoms with Gasteiger partial charge in [-0.3, -0.25) is 9.78 Å². The molecule has 0 fully saturated rings. The first-order valence-corrected chi connectivity index (χ1v) is 9.79. The maximum absolute atomic E-state index is 12.2. The summed E-state index contributed by atoms with van der Waals surface area (Å²) in [6.07, 6.45) is 10.1. The lowest BCUT2D eigenvalue weighted by atomic mass is 10.1. The van der Waals surface area contributed by atoms with Gasteiger partial charge in [0.2, 0.25) is 5.91 Å². The molecule has 3 rings (SSSR count). The van der Waals surface area contributed by atoms with E-state index in [1.165, 1.54) is 0 Å². The van der Waals surface area contributed by atoms with Gasteiger partial charge in [-0.15, -0.1) is 24.8 Å². The van der Waals surface area contributed by atoms with Crippen molar-refractivity contribution in [2.45, 2.75) is 38.6 Å². The lowest BCUT2D eigenvalue weighted by molar-refractivity contribution is -0.121. The number of nitrogens with two attached hydrogens (primary N) is 1. The molecule has 0 aliphatic rings. The maximum Gasteiger partial charge on any atom is 0.220 e. The number of halogens is 2. The van der Waals surface area contributed by atoms with Gasteiger partial charge in [-0.25, -0.2) is 4.68 Å². The molecule has 30 heavy (non-hydrogen) atoms. The topological polar surface area (TPSA) is 85.8 Å². The van der Waals surface area contributed by atoms with Crippen molar-refractivity contribution in [2.75, 3.05) is 6.54 Å². The Morgan fingerprint density at radius 2 is 1.67 bits per heavy atom. The molecule has 6 nitrogen and oxygen atoms in total. The van der Waals surface area contributed by atoms with Gasteiger partial charge < -0.3 is 11.1 Å². The van der Waals surface area contributed by atoms with Gasteiger partial charge in [0.25, 0.3) is 0 Å². The molecule has 162 valence electrons. The Morgan fingerprint density at radius 3 is 2.37 bits per heavy atom. The van der Waals surface area contributed by atoms with E-state index in [1.807, 2.05) is 53.3 Å². The second kappa shape index (κ2) is 13.7. The lowest BCUT2D eigenvalue weighted by Crippen LogP contribution is -2.22. The summed E-state index contributed by atoms with van der Waals surface area (Å²) in [4.78, 5) is 16.3. The predicted molar refractivity (Wildman–Crippen MR) is 125 cm³/mol. The summed E-state index contributed by atoms with van der Waals surface area (Å²) < 4.78 is 1.85. The Kier molecular flexibility index (Phi) is 11.7. The van der Waals surface area contributed by atoms with Gasteiger partial charge in [-0.2, -0.15) is 5.10 Å². The van der Waals surface area contributed by atoms with E-state index in [2.05, 4.69) is 10.3 Å². The normalized spacial score (nSPS) is 10.0. The highest BCUT2D eigenvalue weighted by Gasteiger charge is 2.13. The number of aromatic nitrogens is 3. The van der Waals surface area contributed by atoms with Gasteiger partial charge in [0.15, 0.2) is 0 Å². The highest BCUT2D eigenvalue weighted by atomic mass is 35.5. The van der Waals surface area contributed by atoms with E-state index >= 15 is 0 Å². The highest BCUT2D eigenvalue weighted by Crippen LogP contribution is 2.23. The van der Waals surface area contributed by atoms with Crippen molar-refractivity contribution in [3.63, 3.8) is 0 Å². The van der Waals surface area contributed by atoms with Crippen LogP contribution < -0.4 is 11.1 Å². The first kappa shape index (κ1) is 25.6. The molecular weight excluding hydrogens is 421 g/mol. The Hall–Kier alpha value is -2.41. The Morgan fingerprint density at radius 1 is 0.967 bits per heavy atom. The fourth-order valence-corrected chi connectivity index (χ4v) is 3.07. The monoisotopic (exact) mass is 449 g/mol. The van der Waals surface area contributed by atoms with Gasteiger partial charge in [0.05, 0.1) is 11.4 Å². The third kappa shape index (κ3) is 7.44. The minimum atomic E-state index is 0. The summed E-state index contributed by atoms with van der Waals surface area (Å²) in [6, 6.07) is 13.8. The van der Waals surface area contributed by atoms with E-state index in [1.54, 1.807) is 12.4 Å². The fourth-order valence-electron chi connectivity index (χ4n) is 3.07. The fraction of sp³-hybridized carbons (Fsp3) is 0.318. The summed E-state index contributed by atoms with van der Waals surface area (Å²) in [7, 11) is 0. The van der Waals surface area contributed by atoms with E-state index in [-0.39, 0.29) is 30.7 Å². The molecule has 0 aliphatic carbocycles. The zero-order valence-corrected chi connectivity index (χ0v) is 18.5. The van der Waals surface area contributed by atoms with Crippen LogP contribution >= 0.6 is 24.8 Å². The van der Waals surface area contributed by atoms with Crippen molar-refractivity contribution in [3.05, 3.63) is 66.6 Å². The van der Waals surface area contributed by atoms with Crippen molar-refractivity contribution in [1.82, 2.24) is 20.1 Å². The van der Waals surface area contributed by atoms with E-state index in [4.69, 9.17) is 10.8 Å². The Bertz CT molecular complexity index is 872. The van der Waals surface area contributed by atoms with Gasteiger partial charge in [-0.05, 0) is 43.7 Å². The van der Waals surface area contributed by atoms with Gasteiger partial charge in [0, 0.05) is 42.7 Å². The van der Waals surface area contributed by atoms with Crippen molar-refractivity contribution in [3.8, 4) is 16.9 Å². The number of pyridine rings is 1. The number of rotatable bonds is 10. The largest absolute Gasteiger partial charge is 0.352 e. The predicted octanol–water partition coefficient (Wildman–Crippen LogP) is 4.30. The summed E-state index contributed by atoms with van der Waals surface area (Å²) in [6.45, 7) is 1.17. The van der Waals surface area contributed by atoms with Crippen LogP contribution in [0, 0.1) is 0 Å². The first-order chi connectivity index (χ1) is 13.8. The molecule has 0 unspecified atom stereocenters. The number of carbonyl (C=O) groups excluding carboxylic acids is 1. The standard InChI is InChI=1S/C22H27N5O.2ClH/c23-13-7-2-1-6-10-21(28)25-16-19-17-27(20-8-4-3-5-9-20)26-22(19)18-11-14-24-15-12-18;;/h3-5,8-9,11-12,14-15,17H,1-2,6-7,10,13,16,23H2,(H,25,28);2*1H. The van der Waals surface area contributed by atoms with Crippen LogP contribution in [-0.4, -0.2) is 27.2 Å². The molecule has 0 saturated carbocycles. The van der Waals surface area contributed by atoms with E-state index < -0.39 is 0 Å². The smallest absolute Gasteiger partial charge is 0.220 e. The number of hydrogen-bond donors (Lipinski definition) is 2. The molecule has 0 aliphatic heterocycles. The molecule has 2 heterocycles. The van der Waals surface area contributed by atoms with Crippen molar-refractivity contribution < 1.29 is 4.79 Å². The molecule has 8 heteroatoms. The second-order valence-corrected chi connectivity index (χ2v) is 6.75. The van der Waals surface area contributed by atoms with Crippen molar-refractivity contribution >= 4 is 30.7 Å². The molecule has 0 atom stereocenters. The van der Waals surface area contributed by atoms with E-state index in [0.29, 0.717) is 13.0 Å². The number of unbranched alkanes of at least 4 members (excludes halogenated alkanes) is 3. The highest BCUT2D eigenvalue weighted by molar-refractivity contribution is 5.85. The van der Waals surface area contributed by atoms with Gasteiger partial charge in [-0.1, -0.05) is 31.0 Å². The Labute approximate surface area is 190 Å². The number of para-hydroxylation sites is 1. The minimum Gasteiger partial charge on any atom is -0.352 e. The molecule has 1 amide bonds. The van der Waals surface area contributed by atoms with E-state index in [0.717, 1.165) is 54.7 Å². The van der Waals surface area contributed by atoms with E-state index in [9.17, 15) is 4.79 Å². The molecule has 0 bridgehead atoms. The third-order valence-corrected chi connectivity index (χ3v) is 4.60. The Balaban J connectivity index is 0.00000225. The average Bonchev–Trinajstić information content (AvgIpc) is 3.18. The molecule has 0 radical (unpaired) electrons. The molecule has 0 spiro atoms. The number of nitrogens with zero attached hydrogens (tertiary/aromatic N) is 3. The van der Waals surface area contributed by atoms with Crippen LogP contribution in [0.25, 0.3) is 16.9 Å². The van der Waals surface area contributed by atoms with Crippen LogP contribution in [0.1, 0.15) is 37.7 Å². The number of hydrogen-bond acceptors (Lipinski definition) is 4. The van der Waals surface area contributed by atoms with Gasteiger partial charge >= 0.3 is 0 Å². The lowest BCUT2D eigenvalue weighted by Gasteiger charge is -2.06. The first-order valence-electron chi connectivity index (χ1n) is 9.79. The molecular formula is C22H29Cl2N5O. The van der Waals surface area contributed by atoms with Crippen LogP contribution in [0.3, 0.4) is 0 Å². The number of carbonyl (C=O) groups is 1. The number of benzene rings is 1. The average molecular weight is 450 g/mol. The second-order valence-electron chi connectivity index (χ2n) is 6.75. The van der Waals surface area contributed by atoms with Crippen LogP contribution in [0.15, 0.2) is 61.1 Å². The summed E-state index contributed by atoms with van der Waals surface area (Å²) >= 11 is 0. The molecule has 2 aromatic heterocycles.